The molecule has 2 aromatic heterocycles. The topological polar surface area (TPSA) is 81.8 Å². The largest absolute Gasteiger partial charge is 0.366 e. The smallest absolute Gasteiger partial charge is 0.226 e. The Morgan fingerprint density at radius 3 is 2.90 bits per heavy atom. The molecule has 0 saturated carbocycles. The second-order valence-electron chi connectivity index (χ2n) is 5.61. The first kappa shape index (κ1) is 14.1. The van der Waals surface area contributed by atoms with Crippen LogP contribution >= 0.6 is 0 Å². The van der Waals surface area contributed by atoms with Crippen LogP contribution in [0.1, 0.15) is 26.7 Å². The lowest BCUT2D eigenvalue weighted by Gasteiger charge is -2.22. The maximum absolute atomic E-state index is 4.57. The zero-order valence-corrected chi connectivity index (χ0v) is 12.7. The summed E-state index contributed by atoms with van der Waals surface area (Å²) in [5.41, 5.74) is 0.761. The van der Waals surface area contributed by atoms with E-state index < -0.39 is 0 Å². The van der Waals surface area contributed by atoms with Gasteiger partial charge in [0.1, 0.15) is 5.82 Å². The van der Waals surface area contributed by atoms with Crippen LogP contribution in [0.3, 0.4) is 0 Å². The predicted octanol–water partition coefficient (Wildman–Crippen LogP) is 1.68. The second kappa shape index (κ2) is 6.26. The third-order valence-electron chi connectivity index (χ3n) is 3.76. The quantitative estimate of drug-likeness (QED) is 0.750. The summed E-state index contributed by atoms with van der Waals surface area (Å²) in [5.74, 6) is 1.47. The van der Waals surface area contributed by atoms with Crippen molar-refractivity contribution < 1.29 is 0 Å². The van der Waals surface area contributed by atoms with Gasteiger partial charge in [-0.2, -0.15) is 15.1 Å². The van der Waals surface area contributed by atoms with Crippen molar-refractivity contribution in [2.75, 3.05) is 36.8 Å². The molecule has 3 rings (SSSR count). The first-order valence-corrected chi connectivity index (χ1v) is 7.70. The Hall–Kier alpha value is -1.89. The Morgan fingerprint density at radius 1 is 1.33 bits per heavy atom. The molecule has 3 N–H and O–H groups in total. The molecule has 114 valence electrons. The van der Waals surface area contributed by atoms with Crippen molar-refractivity contribution in [1.82, 2.24) is 25.1 Å². The molecule has 21 heavy (non-hydrogen) atoms. The van der Waals surface area contributed by atoms with Crippen LogP contribution in [0, 0.1) is 0 Å². The molecule has 0 radical (unpaired) electrons. The van der Waals surface area contributed by atoms with Crippen LogP contribution in [0.4, 0.5) is 11.8 Å². The number of aromatic amines is 1. The number of fused-ring (bicyclic) bond motifs is 1. The number of hydrogen-bond acceptors (Lipinski definition) is 6. The molecule has 3 heterocycles. The standard InChI is InChI=1S/C14H23N7/c1-3-15-14-18-12(11-8-16-20-13(11)19-14)17-10(2)9-21-6-4-5-7-21/h8,10H,3-7,9H2,1-2H3,(H3,15,16,17,18,19,20). The fourth-order valence-electron chi connectivity index (χ4n) is 2.81. The molecule has 1 saturated heterocycles. The zero-order valence-electron chi connectivity index (χ0n) is 12.7. The van der Waals surface area contributed by atoms with Gasteiger partial charge in [0.2, 0.25) is 5.95 Å². The first-order valence-electron chi connectivity index (χ1n) is 7.70. The summed E-state index contributed by atoms with van der Waals surface area (Å²) in [7, 11) is 0. The van der Waals surface area contributed by atoms with Crippen molar-refractivity contribution in [3.63, 3.8) is 0 Å². The van der Waals surface area contributed by atoms with E-state index in [4.69, 9.17) is 0 Å². The molecule has 1 unspecified atom stereocenters. The van der Waals surface area contributed by atoms with Gasteiger partial charge in [0.25, 0.3) is 0 Å². The van der Waals surface area contributed by atoms with E-state index in [9.17, 15) is 0 Å². The lowest BCUT2D eigenvalue weighted by molar-refractivity contribution is 0.327. The van der Waals surface area contributed by atoms with E-state index in [0.717, 1.165) is 29.9 Å². The SMILES string of the molecule is CCNc1nc(NC(C)CN2CCCC2)c2cn[nH]c2n1. The second-order valence-corrected chi connectivity index (χ2v) is 5.61. The van der Waals surface area contributed by atoms with E-state index in [1.807, 2.05) is 6.92 Å². The van der Waals surface area contributed by atoms with Gasteiger partial charge >= 0.3 is 0 Å². The van der Waals surface area contributed by atoms with Gasteiger partial charge in [0.15, 0.2) is 5.65 Å². The Labute approximate surface area is 124 Å². The minimum atomic E-state index is 0.338. The fourth-order valence-corrected chi connectivity index (χ4v) is 2.81. The van der Waals surface area contributed by atoms with Gasteiger partial charge in [0, 0.05) is 19.1 Å². The average molecular weight is 289 g/mol. The normalized spacial score (nSPS) is 17.2. The Balaban J connectivity index is 1.76. The lowest BCUT2D eigenvalue weighted by Crippen LogP contribution is -2.33. The number of nitrogens with one attached hydrogen (secondary N) is 3. The highest BCUT2D eigenvalue weighted by Gasteiger charge is 2.16. The number of H-pyrrole nitrogens is 1. The number of likely N-dealkylation sites (tertiary alicyclic amines) is 1. The molecule has 2 aromatic rings. The van der Waals surface area contributed by atoms with Crippen LogP contribution in [0.15, 0.2) is 6.20 Å². The lowest BCUT2D eigenvalue weighted by atomic mass is 10.3. The van der Waals surface area contributed by atoms with E-state index in [0.29, 0.717) is 12.0 Å². The molecule has 0 aromatic carbocycles. The maximum Gasteiger partial charge on any atom is 0.226 e. The van der Waals surface area contributed by atoms with Crippen molar-refractivity contribution in [2.45, 2.75) is 32.7 Å². The molecule has 7 nitrogen and oxygen atoms in total. The molecular formula is C14H23N7. The van der Waals surface area contributed by atoms with Crippen molar-refractivity contribution in [3.05, 3.63) is 6.20 Å². The van der Waals surface area contributed by atoms with E-state index in [1.54, 1.807) is 6.20 Å². The van der Waals surface area contributed by atoms with Gasteiger partial charge in [0.05, 0.1) is 11.6 Å². The summed E-state index contributed by atoms with van der Waals surface area (Å²) in [6.07, 6.45) is 4.41. The minimum Gasteiger partial charge on any atom is -0.366 e. The van der Waals surface area contributed by atoms with E-state index in [-0.39, 0.29) is 0 Å². The predicted molar refractivity (Wildman–Crippen MR) is 84.6 cm³/mol. The molecule has 1 atom stereocenters. The average Bonchev–Trinajstić information content (AvgIpc) is 3.09. The van der Waals surface area contributed by atoms with Gasteiger partial charge in [-0.15, -0.1) is 0 Å². The van der Waals surface area contributed by atoms with Crippen LogP contribution in [0.5, 0.6) is 0 Å². The van der Waals surface area contributed by atoms with Crippen LogP contribution < -0.4 is 10.6 Å². The number of nitrogens with zero attached hydrogens (tertiary/aromatic N) is 4. The van der Waals surface area contributed by atoms with Crippen molar-refractivity contribution >= 4 is 22.8 Å². The monoisotopic (exact) mass is 289 g/mol. The number of rotatable bonds is 6. The first-order chi connectivity index (χ1) is 10.3. The van der Waals surface area contributed by atoms with Crippen LogP contribution in [-0.4, -0.2) is 57.3 Å². The third kappa shape index (κ3) is 3.24. The number of hydrogen-bond donors (Lipinski definition) is 3. The summed E-state index contributed by atoms with van der Waals surface area (Å²) in [6.45, 7) is 8.48. The van der Waals surface area contributed by atoms with Gasteiger partial charge in [-0.1, -0.05) is 0 Å². The molecule has 0 spiro atoms. The van der Waals surface area contributed by atoms with Crippen molar-refractivity contribution in [1.29, 1.82) is 0 Å². The molecule has 1 aliphatic heterocycles. The summed E-state index contributed by atoms with van der Waals surface area (Å²) < 4.78 is 0. The highest BCUT2D eigenvalue weighted by Crippen LogP contribution is 2.21. The van der Waals surface area contributed by atoms with Gasteiger partial charge in [-0.05, 0) is 39.8 Å². The highest BCUT2D eigenvalue weighted by molar-refractivity contribution is 5.87. The molecule has 0 aliphatic carbocycles. The van der Waals surface area contributed by atoms with Gasteiger partial charge < -0.3 is 15.5 Å². The van der Waals surface area contributed by atoms with E-state index in [2.05, 4.69) is 42.6 Å². The molecular weight excluding hydrogens is 266 g/mol. The van der Waals surface area contributed by atoms with Crippen LogP contribution in [0.25, 0.3) is 11.0 Å². The highest BCUT2D eigenvalue weighted by atomic mass is 15.2. The molecule has 1 fully saturated rings. The number of aromatic nitrogens is 4. The summed E-state index contributed by atoms with van der Waals surface area (Å²) in [6, 6.07) is 0.338. The van der Waals surface area contributed by atoms with Crippen LogP contribution in [0.2, 0.25) is 0 Å². The van der Waals surface area contributed by atoms with E-state index in [1.165, 1.54) is 25.9 Å². The summed E-state index contributed by atoms with van der Waals surface area (Å²) >= 11 is 0. The third-order valence-corrected chi connectivity index (χ3v) is 3.76. The van der Waals surface area contributed by atoms with E-state index >= 15 is 0 Å². The zero-order chi connectivity index (χ0) is 14.7. The Morgan fingerprint density at radius 2 is 2.14 bits per heavy atom. The van der Waals surface area contributed by atoms with Crippen LogP contribution in [-0.2, 0) is 0 Å². The molecule has 0 bridgehead atoms. The van der Waals surface area contributed by atoms with Crippen molar-refractivity contribution in [2.24, 2.45) is 0 Å². The molecule has 1 aliphatic rings. The van der Waals surface area contributed by atoms with Gasteiger partial charge in [-0.25, -0.2) is 0 Å². The molecule has 0 amide bonds. The Kier molecular flexibility index (Phi) is 4.19. The Bertz CT molecular complexity index is 588. The fraction of sp³-hybridized carbons (Fsp3) is 0.643. The van der Waals surface area contributed by atoms with Gasteiger partial charge in [-0.3, -0.25) is 5.10 Å². The summed E-state index contributed by atoms with van der Waals surface area (Å²) in [4.78, 5) is 11.5. The molecule has 7 heteroatoms. The minimum absolute atomic E-state index is 0.338. The number of anilines is 2. The van der Waals surface area contributed by atoms with Crippen molar-refractivity contribution in [3.8, 4) is 0 Å². The maximum atomic E-state index is 4.57. The summed E-state index contributed by atoms with van der Waals surface area (Å²) in [5, 5.41) is 14.6.